The van der Waals surface area contributed by atoms with Crippen molar-refractivity contribution in [1.29, 1.82) is 0 Å². The van der Waals surface area contributed by atoms with Gasteiger partial charge in [-0.1, -0.05) is 71.6 Å². The molecule has 0 saturated heterocycles. The molecule has 0 amide bonds. The van der Waals surface area contributed by atoms with Crippen molar-refractivity contribution in [3.8, 4) is 23.3 Å². The second-order valence-corrected chi connectivity index (χ2v) is 24.5. The van der Waals surface area contributed by atoms with E-state index in [2.05, 4.69) is 79.6 Å². The maximum Gasteiger partial charge on any atom is 0.485 e. The Balaban J connectivity index is 0.00000111. The standard InChI is InChI=1S/C30H48NO4Si2.CHF3O3S/c1-23(26-22-31(8)28(34-26)24-18-15-14-16-19-24)27(32-9)25(35-37(12,13)30(5,6)7)20-17-21-33-36(10,11)29(2,3)4;2-1(3,4)8(5,6)7/h14-16,18-19,22,25H,21H2,1-13H3;(H,5,6,7)/q+1;/p-1/b27-23+;. The number of halogens is 3. The average molecular weight is 692 g/mol. The number of methoxy groups -OCH3 is 1. The highest BCUT2D eigenvalue weighted by molar-refractivity contribution is 7.86. The topological polar surface area (TPSA) is 102 Å². The van der Waals surface area contributed by atoms with E-state index >= 15 is 0 Å². The Hall–Kier alpha value is -2.42. The molecular formula is C31H48F3NO7SSi2. The molecule has 1 aromatic carbocycles. The highest BCUT2D eigenvalue weighted by atomic mass is 32.2. The van der Waals surface area contributed by atoms with Crippen LogP contribution in [-0.4, -0.2) is 54.9 Å². The number of hydrogen-bond donors (Lipinski definition) is 0. The van der Waals surface area contributed by atoms with Gasteiger partial charge in [-0.05, 0) is 55.3 Å². The average Bonchev–Trinajstić information content (AvgIpc) is 3.26. The lowest BCUT2D eigenvalue weighted by atomic mass is 10.1. The monoisotopic (exact) mass is 691 g/mol. The lowest BCUT2D eigenvalue weighted by Crippen LogP contribution is -2.44. The predicted molar refractivity (Wildman–Crippen MR) is 174 cm³/mol. The van der Waals surface area contributed by atoms with Crippen LogP contribution in [0.3, 0.4) is 0 Å². The highest BCUT2D eigenvalue weighted by Gasteiger charge is 2.41. The van der Waals surface area contributed by atoms with Crippen molar-refractivity contribution in [3.05, 3.63) is 48.0 Å². The van der Waals surface area contributed by atoms with Crippen molar-refractivity contribution in [3.63, 3.8) is 0 Å². The van der Waals surface area contributed by atoms with Crippen molar-refractivity contribution in [2.45, 2.75) is 96.3 Å². The zero-order valence-electron chi connectivity index (χ0n) is 28.6. The first-order chi connectivity index (χ1) is 20.2. The van der Waals surface area contributed by atoms with Crippen LogP contribution in [0.4, 0.5) is 13.2 Å². The third-order valence-corrected chi connectivity index (χ3v) is 17.6. The highest BCUT2D eigenvalue weighted by Crippen LogP contribution is 2.39. The number of ether oxygens (including phenoxy) is 1. The van der Waals surface area contributed by atoms with Crippen LogP contribution in [0, 0.1) is 11.8 Å². The Labute approximate surface area is 269 Å². The van der Waals surface area contributed by atoms with Gasteiger partial charge >= 0.3 is 11.4 Å². The number of oxazole rings is 1. The van der Waals surface area contributed by atoms with Crippen LogP contribution in [-0.2, 0) is 30.8 Å². The molecule has 0 saturated carbocycles. The van der Waals surface area contributed by atoms with Crippen molar-refractivity contribution in [2.24, 2.45) is 7.05 Å². The Morgan fingerprint density at radius 3 is 1.91 bits per heavy atom. The van der Waals surface area contributed by atoms with Crippen molar-refractivity contribution < 1.29 is 48.7 Å². The van der Waals surface area contributed by atoms with Gasteiger partial charge in [0.25, 0.3) is 0 Å². The number of benzene rings is 1. The molecule has 1 aromatic heterocycles. The molecule has 8 nitrogen and oxygen atoms in total. The van der Waals surface area contributed by atoms with E-state index in [-0.39, 0.29) is 10.1 Å². The fourth-order valence-electron chi connectivity index (χ4n) is 3.22. The molecule has 254 valence electrons. The van der Waals surface area contributed by atoms with E-state index in [1.807, 2.05) is 55.1 Å². The lowest BCUT2D eigenvalue weighted by molar-refractivity contribution is -0.662. The summed E-state index contributed by atoms with van der Waals surface area (Å²) in [6, 6.07) is 10.1. The molecule has 2 aromatic rings. The van der Waals surface area contributed by atoms with Crippen molar-refractivity contribution >= 4 is 32.3 Å². The number of allylic oxidation sites excluding steroid dienone is 1. The normalized spacial score (nSPS) is 14.4. The second kappa shape index (κ2) is 15.0. The first-order valence-electron chi connectivity index (χ1n) is 14.3. The number of aromatic nitrogens is 1. The van der Waals surface area contributed by atoms with E-state index in [0.29, 0.717) is 12.4 Å². The summed E-state index contributed by atoms with van der Waals surface area (Å²) in [4.78, 5) is 0. The number of alkyl halides is 3. The molecular weight excluding hydrogens is 644 g/mol. The summed E-state index contributed by atoms with van der Waals surface area (Å²) in [6.45, 7) is 24.7. The van der Waals surface area contributed by atoms with Gasteiger partial charge in [-0.15, -0.1) is 0 Å². The summed E-state index contributed by atoms with van der Waals surface area (Å²) in [5, 5.41) is 0.153. The predicted octanol–water partition coefficient (Wildman–Crippen LogP) is 7.62. The molecule has 1 unspecified atom stereocenters. The first-order valence-corrected chi connectivity index (χ1v) is 21.5. The SMILES string of the molecule is CO/C(=C(\C)c1c[n+](C)c(-c2ccccc2)o1)C(C#CCO[Si](C)(C)C(C)(C)C)O[Si](C)(C)C(C)(C)C.O=S(=O)([O-])C(F)(F)F. The van der Waals surface area contributed by atoms with Gasteiger partial charge in [0.05, 0.1) is 19.3 Å². The summed E-state index contributed by atoms with van der Waals surface area (Å²) < 4.78 is 86.3. The molecule has 0 fully saturated rings. The Morgan fingerprint density at radius 2 is 1.49 bits per heavy atom. The third-order valence-electron chi connectivity index (χ3n) is 8.10. The molecule has 0 aliphatic carbocycles. The molecule has 1 heterocycles. The summed E-state index contributed by atoms with van der Waals surface area (Å²) >= 11 is 0. The minimum Gasteiger partial charge on any atom is -0.741 e. The fraction of sp³-hybridized carbons (Fsp3) is 0.581. The summed E-state index contributed by atoms with van der Waals surface area (Å²) in [7, 11) is -6.49. The van der Waals surface area contributed by atoms with E-state index in [0.717, 1.165) is 22.8 Å². The van der Waals surface area contributed by atoms with E-state index in [4.69, 9.17) is 31.0 Å². The molecule has 0 spiro atoms. The molecule has 0 bridgehead atoms. The van der Waals surface area contributed by atoms with Crippen LogP contribution in [0.2, 0.25) is 36.3 Å². The second-order valence-electron chi connectivity index (χ2n) is 13.6. The molecule has 1 atom stereocenters. The van der Waals surface area contributed by atoms with Crippen LogP contribution in [0.5, 0.6) is 0 Å². The first kappa shape index (κ1) is 40.6. The maximum atomic E-state index is 10.7. The lowest BCUT2D eigenvalue weighted by Gasteiger charge is -2.38. The molecule has 0 aliphatic rings. The van der Waals surface area contributed by atoms with E-state index in [9.17, 15) is 13.2 Å². The van der Waals surface area contributed by atoms with E-state index in [1.165, 1.54) is 0 Å². The van der Waals surface area contributed by atoms with E-state index < -0.39 is 38.4 Å². The molecule has 2 rings (SSSR count). The van der Waals surface area contributed by atoms with Gasteiger partial charge in [-0.2, -0.15) is 17.7 Å². The Kier molecular flexibility index (Phi) is 13.5. The van der Waals surface area contributed by atoms with Crippen molar-refractivity contribution in [2.75, 3.05) is 13.7 Å². The Morgan fingerprint density at radius 1 is 1.00 bits per heavy atom. The maximum absolute atomic E-state index is 10.7. The molecule has 0 aliphatic heterocycles. The zero-order chi connectivity index (χ0) is 35.2. The molecule has 0 N–H and O–H groups in total. The number of nitrogens with zero attached hydrogens (tertiary/aromatic N) is 1. The summed E-state index contributed by atoms with van der Waals surface area (Å²) in [6.07, 6.45) is 1.46. The van der Waals surface area contributed by atoms with Gasteiger partial charge in [0.15, 0.2) is 32.9 Å². The molecule has 45 heavy (non-hydrogen) atoms. The fourth-order valence-corrected chi connectivity index (χ4v) is 5.19. The molecule has 14 heteroatoms. The third kappa shape index (κ3) is 11.4. The smallest absolute Gasteiger partial charge is 0.485 e. The van der Waals surface area contributed by atoms with Gasteiger partial charge in [-0.25, -0.2) is 8.42 Å². The largest absolute Gasteiger partial charge is 0.741 e. The van der Waals surface area contributed by atoms with Crippen LogP contribution in [0.15, 0.2) is 46.7 Å². The van der Waals surface area contributed by atoms with Gasteiger partial charge in [0, 0.05) is 5.57 Å². The van der Waals surface area contributed by atoms with Crippen LogP contribution < -0.4 is 4.57 Å². The van der Waals surface area contributed by atoms with Gasteiger partial charge in [-0.3, -0.25) is 0 Å². The zero-order valence-corrected chi connectivity index (χ0v) is 31.4. The van der Waals surface area contributed by atoms with Gasteiger partial charge < -0.3 is 22.6 Å². The van der Waals surface area contributed by atoms with Gasteiger partial charge in [0.2, 0.25) is 12.0 Å². The van der Waals surface area contributed by atoms with Gasteiger partial charge in [0.1, 0.15) is 12.8 Å². The number of aryl methyl sites for hydroxylation is 1. The van der Waals surface area contributed by atoms with Crippen LogP contribution in [0.25, 0.3) is 17.0 Å². The minimum absolute atomic E-state index is 0.0227. The van der Waals surface area contributed by atoms with Crippen molar-refractivity contribution in [1.82, 2.24) is 0 Å². The number of hydrogen-bond acceptors (Lipinski definition) is 7. The number of rotatable bonds is 8. The van der Waals surface area contributed by atoms with Crippen LogP contribution >= 0.6 is 0 Å². The minimum atomic E-state index is -6.09. The quantitative estimate of drug-likeness (QED) is 0.0701. The molecule has 0 radical (unpaired) electrons. The Bertz CT molecular complexity index is 1480. The summed E-state index contributed by atoms with van der Waals surface area (Å²) in [5.74, 6) is 8.78. The van der Waals surface area contributed by atoms with Crippen LogP contribution in [0.1, 0.15) is 54.2 Å². The van der Waals surface area contributed by atoms with E-state index in [1.54, 1.807) is 7.11 Å². The summed E-state index contributed by atoms with van der Waals surface area (Å²) in [5.41, 5.74) is -3.77.